The summed E-state index contributed by atoms with van der Waals surface area (Å²) in [5, 5.41) is 3.08. The molecule has 1 fully saturated rings. The highest BCUT2D eigenvalue weighted by molar-refractivity contribution is 5.77. The van der Waals surface area contributed by atoms with Gasteiger partial charge in [0.2, 0.25) is 5.91 Å². The summed E-state index contributed by atoms with van der Waals surface area (Å²) in [5.41, 5.74) is 0.879. The molecule has 1 aliphatic carbocycles. The molecule has 0 saturated heterocycles. The van der Waals surface area contributed by atoms with Crippen molar-refractivity contribution < 1.29 is 9.32 Å². The zero-order valence-corrected chi connectivity index (χ0v) is 14.2. The van der Waals surface area contributed by atoms with Crippen molar-refractivity contribution in [3.63, 3.8) is 0 Å². The highest BCUT2D eigenvalue weighted by atomic mass is 16.5. The van der Waals surface area contributed by atoms with Crippen LogP contribution in [0.15, 0.2) is 70.0 Å². The summed E-state index contributed by atoms with van der Waals surface area (Å²) in [6, 6.07) is 19.1. The molecule has 0 radical (unpaired) electrons. The molecule has 1 N–H and O–H groups in total. The van der Waals surface area contributed by atoms with Crippen LogP contribution in [0.5, 0.6) is 0 Å². The number of benzene rings is 2. The molecule has 132 valence electrons. The second kappa shape index (κ2) is 6.63. The van der Waals surface area contributed by atoms with E-state index in [4.69, 9.17) is 4.52 Å². The highest BCUT2D eigenvalue weighted by Gasteiger charge is 2.39. The van der Waals surface area contributed by atoms with Gasteiger partial charge < -0.3 is 9.84 Å². The van der Waals surface area contributed by atoms with Crippen molar-refractivity contribution >= 4 is 5.91 Å². The molecule has 1 heterocycles. The van der Waals surface area contributed by atoms with Crippen LogP contribution < -0.4 is 11.0 Å². The van der Waals surface area contributed by atoms with E-state index in [1.807, 2.05) is 48.5 Å². The van der Waals surface area contributed by atoms with Crippen molar-refractivity contribution in [3.8, 4) is 11.5 Å². The van der Waals surface area contributed by atoms with Crippen LogP contribution in [0.25, 0.3) is 11.5 Å². The number of nitrogens with one attached hydrogen (secondary N) is 1. The molecule has 6 heteroatoms. The minimum Gasteiger partial charge on any atom is -0.354 e. The fourth-order valence-electron chi connectivity index (χ4n) is 3.31. The average Bonchev–Trinajstić information content (AvgIpc) is 3.00. The maximum absolute atomic E-state index is 12.5. The van der Waals surface area contributed by atoms with E-state index >= 15 is 0 Å². The Balaban J connectivity index is 1.50. The molecule has 0 spiro atoms. The lowest BCUT2D eigenvalue weighted by Gasteiger charge is -2.43. The minimum absolute atomic E-state index is 0.187. The van der Waals surface area contributed by atoms with Gasteiger partial charge >= 0.3 is 5.69 Å². The van der Waals surface area contributed by atoms with Crippen molar-refractivity contribution in [2.24, 2.45) is 0 Å². The summed E-state index contributed by atoms with van der Waals surface area (Å²) >= 11 is 0. The van der Waals surface area contributed by atoms with E-state index in [2.05, 4.69) is 10.3 Å². The number of carbonyl (C=O) groups is 1. The fraction of sp³-hybridized carbons (Fsp3) is 0.250. The molecule has 6 nitrogen and oxygen atoms in total. The Labute approximate surface area is 150 Å². The van der Waals surface area contributed by atoms with Crippen LogP contribution >= 0.6 is 0 Å². The van der Waals surface area contributed by atoms with Crippen LogP contribution in [0.3, 0.4) is 0 Å². The average molecular weight is 349 g/mol. The summed E-state index contributed by atoms with van der Waals surface area (Å²) in [5.74, 6) is -0.0452. The van der Waals surface area contributed by atoms with Gasteiger partial charge in [-0.1, -0.05) is 48.5 Å². The van der Waals surface area contributed by atoms with Crippen LogP contribution in [-0.2, 0) is 16.9 Å². The molecule has 3 aromatic rings. The fourth-order valence-corrected chi connectivity index (χ4v) is 3.31. The largest absolute Gasteiger partial charge is 0.380 e. The van der Waals surface area contributed by atoms with Gasteiger partial charge in [0.25, 0.3) is 5.89 Å². The number of rotatable bonds is 5. The molecule has 0 aliphatic heterocycles. The normalized spacial score (nSPS) is 15.2. The van der Waals surface area contributed by atoms with Gasteiger partial charge in [0.05, 0.1) is 5.54 Å². The number of nitrogens with zero attached hydrogens (tertiary/aromatic N) is 2. The Kier molecular flexibility index (Phi) is 4.16. The van der Waals surface area contributed by atoms with E-state index in [0.29, 0.717) is 5.56 Å². The second-order valence-electron chi connectivity index (χ2n) is 6.54. The van der Waals surface area contributed by atoms with E-state index in [1.54, 1.807) is 12.1 Å². The second-order valence-corrected chi connectivity index (χ2v) is 6.54. The molecule has 1 aromatic heterocycles. The molecule has 1 aliphatic rings. The summed E-state index contributed by atoms with van der Waals surface area (Å²) in [6.45, 7) is -0.187. The molecule has 26 heavy (non-hydrogen) atoms. The first-order valence-corrected chi connectivity index (χ1v) is 8.66. The third kappa shape index (κ3) is 3.06. The Morgan fingerprint density at radius 2 is 1.73 bits per heavy atom. The zero-order chi connectivity index (χ0) is 18.0. The Morgan fingerprint density at radius 1 is 1.08 bits per heavy atom. The van der Waals surface area contributed by atoms with E-state index in [9.17, 15) is 9.59 Å². The van der Waals surface area contributed by atoms with Crippen LogP contribution in [0.4, 0.5) is 0 Å². The van der Waals surface area contributed by atoms with Crippen LogP contribution in [-0.4, -0.2) is 15.6 Å². The van der Waals surface area contributed by atoms with Gasteiger partial charge in [-0.05, 0) is 37.0 Å². The molecule has 0 unspecified atom stereocenters. The SMILES string of the molecule is O=C(Cn1oc(-c2ccccc2)nc1=O)NC1(c2ccccc2)CCC1. The molecule has 1 amide bonds. The summed E-state index contributed by atoms with van der Waals surface area (Å²) in [7, 11) is 0. The summed E-state index contributed by atoms with van der Waals surface area (Å²) in [4.78, 5) is 28.5. The molecule has 1 saturated carbocycles. The predicted molar refractivity (Wildman–Crippen MR) is 96.3 cm³/mol. The maximum atomic E-state index is 12.5. The first kappa shape index (κ1) is 16.3. The Bertz CT molecular complexity index is 957. The standard InChI is InChI=1S/C20H19N3O3/c24-17(22-20(12-7-13-20)16-10-5-2-6-11-16)14-23-19(25)21-18(26-23)15-8-3-1-4-9-15/h1-6,8-11H,7,12-14H2,(H,22,24). The molecular formula is C20H19N3O3. The predicted octanol–water partition coefficient (Wildman–Crippen LogP) is 2.70. The lowest BCUT2D eigenvalue weighted by Crippen LogP contribution is -2.52. The molecule has 2 aromatic carbocycles. The molecule has 4 rings (SSSR count). The number of hydrogen-bond acceptors (Lipinski definition) is 4. The molecule has 0 atom stereocenters. The Hall–Kier alpha value is -3.15. The van der Waals surface area contributed by atoms with Crippen LogP contribution in [0.2, 0.25) is 0 Å². The van der Waals surface area contributed by atoms with Crippen molar-refractivity contribution in [1.82, 2.24) is 15.0 Å². The van der Waals surface area contributed by atoms with Gasteiger partial charge in [-0.25, -0.2) is 4.79 Å². The highest BCUT2D eigenvalue weighted by Crippen LogP contribution is 2.41. The first-order valence-electron chi connectivity index (χ1n) is 8.66. The van der Waals surface area contributed by atoms with Crippen molar-refractivity contribution in [1.29, 1.82) is 0 Å². The van der Waals surface area contributed by atoms with E-state index in [-0.39, 0.29) is 23.9 Å². The molecular weight excluding hydrogens is 330 g/mol. The third-order valence-corrected chi connectivity index (χ3v) is 4.83. The third-order valence-electron chi connectivity index (χ3n) is 4.83. The Morgan fingerprint density at radius 3 is 2.35 bits per heavy atom. The lowest BCUT2D eigenvalue weighted by atomic mass is 9.72. The van der Waals surface area contributed by atoms with Crippen molar-refractivity contribution in [2.45, 2.75) is 31.3 Å². The summed E-state index contributed by atoms with van der Waals surface area (Å²) in [6.07, 6.45) is 2.85. The van der Waals surface area contributed by atoms with Gasteiger partial charge in [0.1, 0.15) is 6.54 Å². The number of carbonyl (C=O) groups excluding carboxylic acids is 1. The minimum atomic E-state index is -0.568. The van der Waals surface area contributed by atoms with E-state index in [1.165, 1.54) is 0 Å². The van der Waals surface area contributed by atoms with E-state index < -0.39 is 5.69 Å². The first-order chi connectivity index (χ1) is 12.7. The quantitative estimate of drug-likeness (QED) is 0.768. The van der Waals surface area contributed by atoms with E-state index in [0.717, 1.165) is 29.6 Å². The van der Waals surface area contributed by atoms with Gasteiger partial charge in [0.15, 0.2) is 0 Å². The number of hydrogen-bond donors (Lipinski definition) is 1. The van der Waals surface area contributed by atoms with Crippen LogP contribution in [0, 0.1) is 0 Å². The molecule has 0 bridgehead atoms. The van der Waals surface area contributed by atoms with Gasteiger partial charge in [-0.3, -0.25) is 4.79 Å². The zero-order valence-electron chi connectivity index (χ0n) is 14.2. The lowest BCUT2D eigenvalue weighted by molar-refractivity contribution is -0.126. The monoisotopic (exact) mass is 349 g/mol. The van der Waals surface area contributed by atoms with Gasteiger partial charge in [0, 0.05) is 5.56 Å². The maximum Gasteiger partial charge on any atom is 0.380 e. The van der Waals surface area contributed by atoms with Crippen LogP contribution in [0.1, 0.15) is 24.8 Å². The number of aromatic nitrogens is 2. The van der Waals surface area contributed by atoms with Crippen molar-refractivity contribution in [3.05, 3.63) is 76.7 Å². The van der Waals surface area contributed by atoms with Gasteiger partial charge in [-0.2, -0.15) is 4.98 Å². The van der Waals surface area contributed by atoms with Gasteiger partial charge in [-0.15, -0.1) is 4.74 Å². The van der Waals surface area contributed by atoms with Crippen molar-refractivity contribution in [2.75, 3.05) is 0 Å². The smallest absolute Gasteiger partial charge is 0.354 e. The number of amides is 1. The topological polar surface area (TPSA) is 77.1 Å². The summed E-state index contributed by atoms with van der Waals surface area (Å²) < 4.78 is 6.47.